The first kappa shape index (κ1) is 18.3. The summed E-state index contributed by atoms with van der Waals surface area (Å²) in [6, 6.07) is 9.78. The van der Waals surface area contributed by atoms with Gasteiger partial charge in [-0.2, -0.15) is 0 Å². The Morgan fingerprint density at radius 1 is 1.12 bits per heavy atom. The molecule has 0 atom stereocenters. The van der Waals surface area contributed by atoms with E-state index >= 15 is 0 Å². The topological polar surface area (TPSA) is 86.5 Å². The van der Waals surface area contributed by atoms with Crippen LogP contribution < -0.4 is 5.73 Å². The maximum atomic E-state index is 14.1. The van der Waals surface area contributed by atoms with Crippen molar-refractivity contribution in [2.45, 2.75) is 19.2 Å². The summed E-state index contributed by atoms with van der Waals surface area (Å²) < 4.78 is 41.1. The number of halogens is 1. The van der Waals surface area contributed by atoms with Crippen molar-refractivity contribution in [2.75, 3.05) is 6.61 Å². The monoisotopic (exact) mass is 375 g/mol. The van der Waals surface area contributed by atoms with Crippen LogP contribution in [0, 0.1) is 12.7 Å². The molecular formula is C19H18FNO4S. The number of ether oxygens (including phenoxy) is 1. The van der Waals surface area contributed by atoms with Gasteiger partial charge in [-0.1, -0.05) is 30.3 Å². The number of benzene rings is 2. The number of esters is 1. The number of hydrogen-bond donors (Lipinski definition) is 2. The number of nitrogens with two attached hydrogens (primary N) is 1. The number of rotatable bonds is 5. The van der Waals surface area contributed by atoms with E-state index in [-0.39, 0.29) is 18.9 Å². The molecule has 0 fully saturated rings. The van der Waals surface area contributed by atoms with Crippen LogP contribution in [-0.2, 0) is 32.5 Å². The Morgan fingerprint density at radius 2 is 1.81 bits per heavy atom. The molecule has 7 heteroatoms. The molecule has 0 saturated carbocycles. The zero-order valence-corrected chi connectivity index (χ0v) is 15.0. The van der Waals surface area contributed by atoms with E-state index in [0.29, 0.717) is 27.8 Å². The first-order valence-electron chi connectivity index (χ1n) is 8.01. The molecule has 0 amide bonds. The first-order chi connectivity index (χ1) is 12.4. The van der Waals surface area contributed by atoms with Gasteiger partial charge in [-0.15, -0.1) is 0 Å². The molecule has 0 unspecified atom stereocenters. The predicted molar refractivity (Wildman–Crippen MR) is 97.3 cm³/mol. The van der Waals surface area contributed by atoms with E-state index in [9.17, 15) is 17.6 Å². The molecule has 0 aromatic heterocycles. The van der Waals surface area contributed by atoms with E-state index in [1.54, 1.807) is 24.3 Å². The molecule has 26 heavy (non-hydrogen) atoms. The standard InChI is InChI=1S/C19H18FNO4S/c1-11-6-12(2-5-15(11)10-26(23)24)16-9-25-19(22)18(16)13-3-4-14(8-21)17(20)7-13/h2-7,26H,8-10,21H2,1H3. The van der Waals surface area contributed by atoms with Crippen molar-refractivity contribution in [2.24, 2.45) is 5.73 Å². The van der Waals surface area contributed by atoms with Gasteiger partial charge in [0.2, 0.25) is 0 Å². The second-order valence-corrected chi connectivity index (χ2v) is 7.05. The molecule has 136 valence electrons. The van der Waals surface area contributed by atoms with Crippen molar-refractivity contribution < 1.29 is 22.3 Å². The van der Waals surface area contributed by atoms with Crippen LogP contribution in [0.5, 0.6) is 0 Å². The Kier molecular flexibility index (Phi) is 5.20. The first-order valence-corrected chi connectivity index (χ1v) is 9.38. The predicted octanol–water partition coefficient (Wildman–Crippen LogP) is 2.17. The second kappa shape index (κ2) is 7.39. The summed E-state index contributed by atoms with van der Waals surface area (Å²) in [6.45, 7) is 1.97. The Balaban J connectivity index is 2.08. The molecule has 1 aliphatic heterocycles. The zero-order chi connectivity index (χ0) is 18.8. The lowest BCUT2D eigenvalue weighted by molar-refractivity contribution is -0.133. The molecule has 0 saturated heterocycles. The Morgan fingerprint density at radius 3 is 2.42 bits per heavy atom. The van der Waals surface area contributed by atoms with Crippen molar-refractivity contribution in [3.05, 3.63) is 70.0 Å². The quantitative estimate of drug-likeness (QED) is 0.618. The van der Waals surface area contributed by atoms with Crippen LogP contribution in [0.15, 0.2) is 36.4 Å². The summed E-state index contributed by atoms with van der Waals surface area (Å²) in [5.74, 6) is -1.01. The fraction of sp³-hybridized carbons (Fsp3) is 0.211. The zero-order valence-electron chi connectivity index (χ0n) is 14.1. The molecule has 2 aromatic rings. The Bertz CT molecular complexity index is 987. The fourth-order valence-corrected chi connectivity index (χ4v) is 3.63. The maximum Gasteiger partial charge on any atom is 0.339 e. The van der Waals surface area contributed by atoms with Gasteiger partial charge in [0.25, 0.3) is 0 Å². The third-order valence-corrected chi connectivity index (χ3v) is 5.00. The van der Waals surface area contributed by atoms with Crippen LogP contribution in [-0.4, -0.2) is 21.0 Å². The molecule has 3 rings (SSSR count). The number of carbonyl (C=O) groups excluding carboxylic acids is 1. The van der Waals surface area contributed by atoms with Gasteiger partial charge in [0.1, 0.15) is 23.1 Å². The highest BCUT2D eigenvalue weighted by Gasteiger charge is 2.28. The second-order valence-electron chi connectivity index (χ2n) is 6.07. The summed E-state index contributed by atoms with van der Waals surface area (Å²) in [5.41, 5.74) is 9.50. The van der Waals surface area contributed by atoms with Gasteiger partial charge in [0.05, 0.1) is 11.3 Å². The third kappa shape index (κ3) is 3.54. The molecule has 0 spiro atoms. The van der Waals surface area contributed by atoms with Gasteiger partial charge in [-0.3, -0.25) is 0 Å². The highest BCUT2D eigenvalue weighted by molar-refractivity contribution is 7.71. The number of aryl methyl sites for hydroxylation is 1. The molecule has 2 N–H and O–H groups in total. The molecule has 0 radical (unpaired) electrons. The Hall–Kier alpha value is -2.51. The lowest BCUT2D eigenvalue weighted by atomic mass is 9.94. The maximum absolute atomic E-state index is 14.1. The summed E-state index contributed by atoms with van der Waals surface area (Å²) >= 11 is 0. The van der Waals surface area contributed by atoms with E-state index in [1.165, 1.54) is 6.07 Å². The largest absolute Gasteiger partial charge is 0.457 e. The van der Waals surface area contributed by atoms with Gasteiger partial charge in [-0.25, -0.2) is 17.6 Å². The molecule has 1 heterocycles. The van der Waals surface area contributed by atoms with Gasteiger partial charge in [0, 0.05) is 17.7 Å². The smallest absolute Gasteiger partial charge is 0.339 e. The van der Waals surface area contributed by atoms with Crippen LogP contribution in [0.1, 0.15) is 27.8 Å². The molecular weight excluding hydrogens is 357 g/mol. The normalized spacial score (nSPS) is 14.2. The highest BCUT2D eigenvalue weighted by atomic mass is 32.2. The number of thiol groups is 1. The summed E-state index contributed by atoms with van der Waals surface area (Å²) in [7, 11) is -2.52. The van der Waals surface area contributed by atoms with Gasteiger partial charge >= 0.3 is 5.97 Å². The average molecular weight is 375 g/mol. The van der Waals surface area contributed by atoms with Gasteiger partial charge < -0.3 is 10.5 Å². The molecule has 1 aliphatic rings. The molecule has 2 aromatic carbocycles. The van der Waals surface area contributed by atoms with E-state index < -0.39 is 22.5 Å². The van der Waals surface area contributed by atoms with Crippen molar-refractivity contribution in [3.8, 4) is 0 Å². The fourth-order valence-electron chi connectivity index (χ4n) is 2.99. The van der Waals surface area contributed by atoms with Crippen molar-refractivity contribution in [3.63, 3.8) is 0 Å². The van der Waals surface area contributed by atoms with E-state index in [4.69, 9.17) is 10.5 Å². The number of cyclic esters (lactones) is 1. The van der Waals surface area contributed by atoms with E-state index in [2.05, 4.69) is 0 Å². The van der Waals surface area contributed by atoms with Crippen LogP contribution in [0.2, 0.25) is 0 Å². The number of carbonyl (C=O) groups is 1. The minimum atomic E-state index is -2.52. The van der Waals surface area contributed by atoms with Crippen molar-refractivity contribution >= 4 is 27.8 Å². The van der Waals surface area contributed by atoms with Crippen LogP contribution in [0.25, 0.3) is 11.1 Å². The van der Waals surface area contributed by atoms with Crippen molar-refractivity contribution in [1.29, 1.82) is 0 Å². The summed E-state index contributed by atoms with van der Waals surface area (Å²) in [6.07, 6.45) is 0. The van der Waals surface area contributed by atoms with Crippen LogP contribution in [0.3, 0.4) is 0 Å². The lowest BCUT2D eigenvalue weighted by Gasteiger charge is -2.09. The third-order valence-electron chi connectivity index (χ3n) is 4.41. The van der Waals surface area contributed by atoms with E-state index in [0.717, 1.165) is 11.1 Å². The minimum Gasteiger partial charge on any atom is -0.457 e. The summed E-state index contributed by atoms with van der Waals surface area (Å²) in [5, 5.41) is 0. The van der Waals surface area contributed by atoms with Crippen LogP contribution >= 0.6 is 0 Å². The molecule has 0 aliphatic carbocycles. The highest BCUT2D eigenvalue weighted by Crippen LogP contribution is 2.34. The molecule has 5 nitrogen and oxygen atoms in total. The lowest BCUT2D eigenvalue weighted by Crippen LogP contribution is -2.03. The Labute approximate surface area is 152 Å². The van der Waals surface area contributed by atoms with Crippen molar-refractivity contribution in [1.82, 2.24) is 0 Å². The van der Waals surface area contributed by atoms with Gasteiger partial charge in [-0.05, 0) is 35.2 Å². The molecule has 0 bridgehead atoms. The van der Waals surface area contributed by atoms with Crippen LogP contribution in [0.4, 0.5) is 4.39 Å². The SMILES string of the molecule is Cc1cc(C2=C(c3ccc(CN)c(F)c3)C(=O)OC2)ccc1C[SH](=O)=O. The van der Waals surface area contributed by atoms with Gasteiger partial charge in [0.15, 0.2) is 0 Å². The minimum absolute atomic E-state index is 0.0332. The number of hydrogen-bond acceptors (Lipinski definition) is 5. The van der Waals surface area contributed by atoms with E-state index in [1.807, 2.05) is 13.0 Å². The summed E-state index contributed by atoms with van der Waals surface area (Å²) in [4.78, 5) is 12.2. The average Bonchev–Trinajstić information content (AvgIpc) is 2.98.